The second-order valence-corrected chi connectivity index (χ2v) is 28.9. The van der Waals surface area contributed by atoms with Crippen LogP contribution in [0.2, 0.25) is 10.0 Å². The van der Waals surface area contributed by atoms with Gasteiger partial charge in [-0.2, -0.15) is 25.5 Å². The van der Waals surface area contributed by atoms with Gasteiger partial charge in [-0.3, -0.25) is 25.0 Å². The molecule has 1 aliphatic heterocycles. The first-order valence-corrected chi connectivity index (χ1v) is 40.3. The minimum Gasteiger partial charge on any atom is -0.497 e. The summed E-state index contributed by atoms with van der Waals surface area (Å²) in [5, 5.41) is 41.4. The van der Waals surface area contributed by atoms with Crippen LogP contribution in [0.15, 0.2) is 371 Å². The number of nitrogen functional groups attached to an aromatic ring is 1. The Balaban J connectivity index is 0.000000509. The number of methoxy groups -OCH3 is 2. The summed E-state index contributed by atoms with van der Waals surface area (Å²) in [7, 11) is 26.9. The van der Waals surface area contributed by atoms with E-state index in [4.69, 9.17) is 38.4 Å². The zero-order valence-corrected chi connectivity index (χ0v) is 73.8. The minimum absolute atomic E-state index is 0. The number of hydrogen-bond donors (Lipinski definition) is 1. The summed E-state index contributed by atoms with van der Waals surface area (Å²) in [4.78, 5) is 0. The lowest BCUT2D eigenvalue weighted by molar-refractivity contribution is -0.673. The van der Waals surface area contributed by atoms with E-state index in [1.807, 2.05) is 462 Å². The fraction of sp³-hybridized carbons (Fsp3) is 0.219. The molecule has 0 fully saturated rings. The Hall–Kier alpha value is -14.7. The Kier molecular flexibility index (Phi) is 50.8. The Bertz CT molecular complexity index is 5740. The monoisotopic (exact) mass is 1800 g/mol. The van der Waals surface area contributed by atoms with Gasteiger partial charge in [0.05, 0.1) is 81.6 Å². The molecule has 0 unspecified atom stereocenters. The number of halogens is 2. The molecule has 25 heteroatoms. The largest absolute Gasteiger partial charge is 0.497 e. The number of fused-ring (bicyclic) bond motifs is 1. The van der Waals surface area contributed by atoms with Gasteiger partial charge in [0.25, 0.3) is 0 Å². The average Bonchev–Trinajstić information content (AvgIpc) is 1.69. The molecule has 0 radical (unpaired) electrons. The van der Waals surface area contributed by atoms with E-state index in [1.165, 1.54) is 16.9 Å². The van der Waals surface area contributed by atoms with Crippen molar-refractivity contribution < 1.29 is 41.4 Å². The number of azo groups is 1. The van der Waals surface area contributed by atoms with Gasteiger partial charge in [-0.05, 0) is 175 Å². The van der Waals surface area contributed by atoms with Crippen molar-refractivity contribution in [3.8, 4) is 11.5 Å². The predicted octanol–water partition coefficient (Wildman–Crippen LogP) is 20.1. The standard InChI is InChI=1S/C15H18N3O.C15H16N3.2C14H15ClN3.C14H16N3.C14H14N2.C12H15N4O.7CH4/c1-17-10-8-13(9-11-17)12-16-18(2)14-4-6-15(19-3)7-5-14;1-17-10-5-4-7-14(17)12-16-18-11-9-13-6-2-3-8-15(13)18;1-17-9-7-12(8-10-17)11-16-18(2)14-5-3-13(15)4-6-14;1-17-10-4-3-5-14(17)11-16-18(2)13-8-6-12(15)7-9-13;1-16-11-7-6-10-14(16)12-15-17(2)13-8-4-3-5-9-13;1-16-11-3-2-4-14(16)10-7-12-5-8-13(15)9-6-12;1-15-8-9-16(2)12(15)14-13-10-4-6-11(17-3)7-5-10;;;;;;;/h4-12H,1-3H3;2-8,10,12H,9,11H2,1H3;2*3-11H,1-2H3;3-12H,1-2H3;2-11,15H,1H3;4-9H,1-3H3;7*1H4/q5*+1;;+1;;;;;;;/p+1. The van der Waals surface area contributed by atoms with Crippen molar-refractivity contribution in [2.75, 3.05) is 79.7 Å². The summed E-state index contributed by atoms with van der Waals surface area (Å²) in [6, 6.07) is 89.1. The molecule has 1 aliphatic rings. The van der Waals surface area contributed by atoms with Gasteiger partial charge in [0.15, 0.2) is 49.6 Å². The highest BCUT2D eigenvalue weighted by Gasteiger charge is 2.18. The Labute approximate surface area is 785 Å². The molecule has 682 valence electrons. The molecule has 0 saturated heterocycles. The van der Waals surface area contributed by atoms with Crippen LogP contribution in [0.3, 0.4) is 0 Å². The summed E-state index contributed by atoms with van der Waals surface area (Å²) < 4.78 is 26.2. The lowest BCUT2D eigenvalue weighted by atomic mass is 10.2. The first-order valence-electron chi connectivity index (χ1n) is 39.6. The third-order valence-corrected chi connectivity index (χ3v) is 19.4. The van der Waals surface area contributed by atoms with Gasteiger partial charge in [0.1, 0.15) is 78.1 Å². The molecule has 23 nitrogen and oxygen atoms in total. The van der Waals surface area contributed by atoms with Crippen LogP contribution in [0.1, 0.15) is 97.0 Å². The van der Waals surface area contributed by atoms with Crippen molar-refractivity contribution >= 4 is 112 Å². The fourth-order valence-electron chi connectivity index (χ4n) is 11.4. The smallest absolute Gasteiger partial charge is 0.421 e. The molecule has 0 atom stereocenters. The number of hydrazone groups is 5. The van der Waals surface area contributed by atoms with Gasteiger partial charge in [0.2, 0.25) is 22.8 Å². The number of aromatic nitrogens is 8. The van der Waals surface area contributed by atoms with E-state index in [1.54, 1.807) is 14.2 Å². The van der Waals surface area contributed by atoms with Crippen molar-refractivity contribution in [1.82, 2.24) is 4.57 Å². The van der Waals surface area contributed by atoms with Gasteiger partial charge in [-0.15, -0.1) is 0 Å². The summed E-state index contributed by atoms with van der Waals surface area (Å²) in [6.45, 7) is 0.965. The van der Waals surface area contributed by atoms with Gasteiger partial charge in [-0.1, -0.05) is 129 Å². The van der Waals surface area contributed by atoms with Crippen LogP contribution >= 0.6 is 23.2 Å². The van der Waals surface area contributed by atoms with Crippen LogP contribution in [0.5, 0.6) is 11.5 Å². The number of aryl methyl sites for hydroxylation is 8. The van der Waals surface area contributed by atoms with Crippen LogP contribution in [-0.4, -0.2) is 84.6 Å². The lowest BCUT2D eigenvalue weighted by Gasteiger charge is -2.12. The number of imidazole rings is 1. The molecule has 0 aliphatic carbocycles. The molecule has 0 saturated carbocycles. The van der Waals surface area contributed by atoms with Gasteiger partial charge in [-0.25, -0.2) is 36.5 Å². The summed E-state index contributed by atoms with van der Waals surface area (Å²) in [5.74, 6) is 2.45. The topological polar surface area (TPSA) is 179 Å². The molecule has 0 bridgehead atoms. The third kappa shape index (κ3) is 37.5. The van der Waals surface area contributed by atoms with E-state index in [9.17, 15) is 0 Å². The normalized spacial score (nSPS) is 10.7. The molecule has 15 rings (SSSR count). The maximum atomic E-state index is 5.85. The zero-order valence-electron chi connectivity index (χ0n) is 72.3. The number of nitrogens with zero attached hydrogens (tertiary/aromatic N) is 20. The molecule has 7 aromatic heterocycles. The Morgan fingerprint density at radius 2 is 0.723 bits per heavy atom. The highest BCUT2D eigenvalue weighted by molar-refractivity contribution is 6.31. The highest BCUT2D eigenvalue weighted by Crippen LogP contribution is 2.28. The van der Waals surface area contributed by atoms with Crippen LogP contribution < -0.4 is 72.2 Å². The summed E-state index contributed by atoms with van der Waals surface area (Å²) in [6.07, 6.45) is 34.4. The zero-order chi connectivity index (χ0) is 87.7. The van der Waals surface area contributed by atoms with Crippen LogP contribution in [0.4, 0.5) is 45.8 Å². The molecule has 7 aromatic carbocycles. The summed E-state index contributed by atoms with van der Waals surface area (Å²) in [5.41, 5.74) is 21.6. The first kappa shape index (κ1) is 111. The number of anilines is 6. The molecular formula is C105H138Cl2N21O2+7. The van der Waals surface area contributed by atoms with Crippen molar-refractivity contribution in [2.45, 2.75) is 58.4 Å². The van der Waals surface area contributed by atoms with Crippen LogP contribution in [-0.2, 0) is 62.8 Å². The van der Waals surface area contributed by atoms with Gasteiger partial charge >= 0.3 is 5.95 Å². The SMILES string of the molecule is C.C.C.C.C.C.C.CN(N=Cc1cc[n+](C)cc1)c1ccc(Cl)cc1.CN(N=Cc1cccc[n+]1C)c1ccc(Cl)cc1.CN(N=Cc1cccc[n+]1C)c1ccccc1.COc1ccc(N(C)N=Cc2cc[n+](C)cc2)cc1.COc1ccc(N=Nc2n(C)cc[n+]2C)cc1.C[n+]1ccccc1C=Cc1ccc(N)cc1.C[n+]1ccccc1C=NN1CCc2ccccc21. The second kappa shape index (κ2) is 59.3. The predicted molar refractivity (Wildman–Crippen MR) is 548 cm³/mol. The van der Waals surface area contributed by atoms with E-state index >= 15 is 0 Å². The second-order valence-electron chi connectivity index (χ2n) is 28.1. The number of para-hydroxylation sites is 2. The van der Waals surface area contributed by atoms with E-state index < -0.39 is 0 Å². The molecule has 2 N–H and O–H groups in total. The van der Waals surface area contributed by atoms with E-state index in [0.717, 1.165) is 108 Å². The minimum atomic E-state index is 0. The quantitative estimate of drug-likeness (QED) is 0.0257. The fourth-order valence-corrected chi connectivity index (χ4v) is 11.6. The van der Waals surface area contributed by atoms with Crippen molar-refractivity contribution in [3.05, 3.63) is 390 Å². The van der Waals surface area contributed by atoms with E-state index in [2.05, 4.69) is 98.4 Å². The maximum Gasteiger partial charge on any atom is 0.421 e. The number of ether oxygens (including phenoxy) is 2. The van der Waals surface area contributed by atoms with Crippen LogP contribution in [0.25, 0.3) is 12.2 Å². The van der Waals surface area contributed by atoms with Crippen molar-refractivity contribution in [2.24, 2.45) is 92.1 Å². The maximum absolute atomic E-state index is 5.85. The average molecular weight is 1800 g/mol. The summed E-state index contributed by atoms with van der Waals surface area (Å²) >= 11 is 11.7. The molecular weight excluding hydrogens is 1660 g/mol. The lowest BCUT2D eigenvalue weighted by Crippen LogP contribution is -2.32. The van der Waals surface area contributed by atoms with Crippen LogP contribution in [0, 0.1) is 0 Å². The number of nitrogens with two attached hydrogens (primary N) is 1. The van der Waals surface area contributed by atoms with E-state index in [-0.39, 0.29) is 52.0 Å². The van der Waals surface area contributed by atoms with Crippen molar-refractivity contribution in [1.29, 1.82) is 0 Å². The van der Waals surface area contributed by atoms with Crippen molar-refractivity contribution in [3.63, 3.8) is 0 Å². The third-order valence-electron chi connectivity index (χ3n) is 18.9. The molecule has 130 heavy (non-hydrogen) atoms. The number of hydrogen-bond acceptors (Lipinski definition) is 15. The first-order chi connectivity index (χ1) is 59.6. The van der Waals surface area contributed by atoms with Gasteiger partial charge < -0.3 is 15.2 Å². The molecule has 0 spiro atoms. The number of rotatable bonds is 20. The Morgan fingerprint density at radius 3 is 1.13 bits per heavy atom. The number of pyridine rings is 6. The molecule has 8 heterocycles. The molecule has 0 amide bonds. The number of benzene rings is 7. The van der Waals surface area contributed by atoms with Gasteiger partial charge in [0, 0.05) is 146 Å². The van der Waals surface area contributed by atoms with E-state index in [0.29, 0.717) is 0 Å². The molecule has 14 aromatic rings. The highest BCUT2D eigenvalue weighted by atomic mass is 35.5. The Morgan fingerprint density at radius 1 is 0.354 bits per heavy atom.